The summed E-state index contributed by atoms with van der Waals surface area (Å²) in [4.78, 5) is 49.6. The van der Waals surface area contributed by atoms with E-state index in [1.807, 2.05) is 26.8 Å². The lowest BCUT2D eigenvalue weighted by molar-refractivity contribution is -0.117. The summed E-state index contributed by atoms with van der Waals surface area (Å²) in [6.45, 7) is 5.83. The van der Waals surface area contributed by atoms with Gasteiger partial charge in [0.05, 0.1) is 4.88 Å². The summed E-state index contributed by atoms with van der Waals surface area (Å²) in [6, 6.07) is 3.58. The third-order valence-electron chi connectivity index (χ3n) is 5.27. The maximum atomic E-state index is 13.1. The minimum Gasteiger partial charge on any atom is -0.443 e. The van der Waals surface area contributed by atoms with Gasteiger partial charge < -0.3 is 9.64 Å². The summed E-state index contributed by atoms with van der Waals surface area (Å²) in [5, 5.41) is 3.28. The molecule has 1 aliphatic carbocycles. The number of anilines is 2. The summed E-state index contributed by atoms with van der Waals surface area (Å²) in [7, 11) is 1.64. The molecule has 0 unspecified atom stereocenters. The van der Waals surface area contributed by atoms with Crippen molar-refractivity contribution in [2.24, 2.45) is 0 Å². The van der Waals surface area contributed by atoms with E-state index in [-0.39, 0.29) is 29.7 Å². The highest BCUT2D eigenvalue weighted by molar-refractivity contribution is 7.18. The molecule has 9 nitrogen and oxygen atoms in total. The number of hydrogen-bond donors (Lipinski definition) is 1. The molecule has 10 heteroatoms. The first-order valence-corrected chi connectivity index (χ1v) is 10.9. The zero-order valence-electron chi connectivity index (χ0n) is 18.0. The smallest absolute Gasteiger partial charge is 0.415 e. The molecule has 0 bridgehead atoms. The standard InChI is InChI=1S/C21H25N5O4S/c1-20(2,3)30-19(29)25(4)15-10-13-16(31-15)17(28)26(12-21(13)6-7-21)11-14(27)24-18-22-8-5-9-23-18/h5,8-10H,6-7,11-12H2,1-4H3,(H,22,23,24,27). The van der Waals surface area contributed by atoms with Gasteiger partial charge in [0.15, 0.2) is 0 Å². The highest BCUT2D eigenvalue weighted by Crippen LogP contribution is 2.55. The largest absolute Gasteiger partial charge is 0.443 e. The van der Waals surface area contributed by atoms with Gasteiger partial charge in [-0.05, 0) is 51.3 Å². The summed E-state index contributed by atoms with van der Waals surface area (Å²) in [6.07, 6.45) is 4.49. The van der Waals surface area contributed by atoms with Crippen LogP contribution in [-0.2, 0) is 14.9 Å². The van der Waals surface area contributed by atoms with E-state index in [0.717, 1.165) is 18.4 Å². The molecule has 164 valence electrons. The van der Waals surface area contributed by atoms with Crippen molar-refractivity contribution in [3.05, 3.63) is 35.0 Å². The lowest BCUT2D eigenvalue weighted by Crippen LogP contribution is -2.46. The van der Waals surface area contributed by atoms with Crippen LogP contribution < -0.4 is 10.2 Å². The molecule has 3 amide bonds. The maximum Gasteiger partial charge on any atom is 0.415 e. The van der Waals surface area contributed by atoms with Crippen LogP contribution in [0.4, 0.5) is 15.7 Å². The number of fused-ring (bicyclic) bond motifs is 2. The second kappa shape index (κ2) is 7.60. The van der Waals surface area contributed by atoms with Crippen LogP contribution in [0.15, 0.2) is 24.5 Å². The Hall–Kier alpha value is -3.01. The lowest BCUT2D eigenvalue weighted by Gasteiger charge is -2.32. The van der Waals surface area contributed by atoms with Crippen LogP contribution in [0.1, 0.15) is 48.8 Å². The predicted molar refractivity (Wildman–Crippen MR) is 116 cm³/mol. The summed E-state index contributed by atoms with van der Waals surface area (Å²) in [5.74, 6) is -0.344. The number of carbonyl (C=O) groups is 3. The van der Waals surface area contributed by atoms with Crippen LogP contribution in [0.5, 0.6) is 0 Å². The summed E-state index contributed by atoms with van der Waals surface area (Å²) >= 11 is 1.26. The zero-order valence-corrected chi connectivity index (χ0v) is 18.8. The van der Waals surface area contributed by atoms with Crippen LogP contribution in [0, 0.1) is 0 Å². The van der Waals surface area contributed by atoms with Gasteiger partial charge in [0, 0.05) is 31.4 Å². The van der Waals surface area contributed by atoms with Crippen LogP contribution >= 0.6 is 11.3 Å². The lowest BCUT2D eigenvalue weighted by atomic mass is 9.91. The molecule has 4 rings (SSSR count). The fourth-order valence-electron chi connectivity index (χ4n) is 3.59. The van der Waals surface area contributed by atoms with Crippen molar-refractivity contribution >= 4 is 40.2 Å². The Morgan fingerprint density at radius 1 is 1.29 bits per heavy atom. The number of rotatable bonds is 4. The first-order chi connectivity index (χ1) is 14.6. The second-order valence-corrected chi connectivity index (χ2v) is 9.96. The minimum absolute atomic E-state index is 0.0760. The van der Waals surface area contributed by atoms with Crippen molar-refractivity contribution in [2.75, 3.05) is 30.4 Å². The van der Waals surface area contributed by atoms with Crippen molar-refractivity contribution in [2.45, 2.75) is 44.6 Å². The molecule has 0 atom stereocenters. The van der Waals surface area contributed by atoms with Gasteiger partial charge in [-0.25, -0.2) is 14.8 Å². The predicted octanol–water partition coefficient (Wildman–Crippen LogP) is 3.04. The molecular formula is C21H25N5O4S. The second-order valence-electron chi connectivity index (χ2n) is 8.93. The van der Waals surface area contributed by atoms with Crippen molar-refractivity contribution in [1.82, 2.24) is 14.9 Å². The van der Waals surface area contributed by atoms with E-state index < -0.39 is 11.7 Å². The Bertz CT molecular complexity index is 1030. The van der Waals surface area contributed by atoms with Crippen molar-refractivity contribution < 1.29 is 19.1 Å². The molecule has 0 radical (unpaired) electrons. The molecule has 1 N–H and O–H groups in total. The third-order valence-corrected chi connectivity index (χ3v) is 6.47. The quantitative estimate of drug-likeness (QED) is 0.779. The average Bonchev–Trinajstić information content (AvgIpc) is 3.31. The molecule has 31 heavy (non-hydrogen) atoms. The Balaban J connectivity index is 1.52. The monoisotopic (exact) mass is 443 g/mol. The molecule has 2 aromatic rings. The van der Waals surface area contributed by atoms with E-state index in [1.165, 1.54) is 28.6 Å². The molecule has 0 aromatic carbocycles. The molecule has 1 spiro atoms. The molecular weight excluding hydrogens is 418 g/mol. The van der Waals surface area contributed by atoms with Gasteiger partial charge in [-0.1, -0.05) is 0 Å². The van der Waals surface area contributed by atoms with Crippen LogP contribution in [0.3, 0.4) is 0 Å². The van der Waals surface area contributed by atoms with E-state index in [9.17, 15) is 14.4 Å². The minimum atomic E-state index is -0.609. The molecule has 0 saturated heterocycles. The van der Waals surface area contributed by atoms with E-state index in [2.05, 4.69) is 15.3 Å². The zero-order chi connectivity index (χ0) is 22.4. The Labute approximate surface area is 184 Å². The number of ether oxygens (including phenoxy) is 1. The number of nitrogens with one attached hydrogen (secondary N) is 1. The van der Waals surface area contributed by atoms with Crippen molar-refractivity contribution in [3.63, 3.8) is 0 Å². The SMILES string of the molecule is CN(C(=O)OC(C)(C)C)c1cc2c(s1)C(=O)N(CC(=O)Nc1ncccn1)CC21CC1. The number of hydrogen-bond acceptors (Lipinski definition) is 7. The number of amides is 3. The molecule has 1 saturated carbocycles. The van der Waals surface area contributed by atoms with E-state index >= 15 is 0 Å². The third kappa shape index (κ3) is 4.39. The first kappa shape index (κ1) is 21.2. The van der Waals surface area contributed by atoms with Gasteiger partial charge in [0.1, 0.15) is 17.1 Å². The summed E-state index contributed by atoms with van der Waals surface area (Å²) in [5.41, 5.74) is 0.217. The Morgan fingerprint density at radius 3 is 2.58 bits per heavy atom. The topological polar surface area (TPSA) is 105 Å². The van der Waals surface area contributed by atoms with Crippen LogP contribution in [0.25, 0.3) is 0 Å². The van der Waals surface area contributed by atoms with Crippen molar-refractivity contribution in [1.29, 1.82) is 0 Å². The van der Waals surface area contributed by atoms with E-state index in [4.69, 9.17) is 4.74 Å². The number of carbonyl (C=O) groups excluding carboxylic acids is 3. The van der Waals surface area contributed by atoms with Gasteiger partial charge in [-0.3, -0.25) is 19.8 Å². The van der Waals surface area contributed by atoms with E-state index in [0.29, 0.717) is 16.4 Å². The highest BCUT2D eigenvalue weighted by atomic mass is 32.1. The molecule has 1 fully saturated rings. The summed E-state index contributed by atoms with van der Waals surface area (Å²) < 4.78 is 5.44. The fraction of sp³-hybridized carbons (Fsp3) is 0.476. The molecule has 3 heterocycles. The number of thiophene rings is 1. The molecule has 2 aromatic heterocycles. The Kier molecular flexibility index (Phi) is 5.20. The fourth-order valence-corrected chi connectivity index (χ4v) is 4.79. The Morgan fingerprint density at radius 2 is 1.97 bits per heavy atom. The highest BCUT2D eigenvalue weighted by Gasteiger charge is 2.53. The first-order valence-electron chi connectivity index (χ1n) is 10.1. The van der Waals surface area contributed by atoms with Gasteiger partial charge in [0.2, 0.25) is 11.9 Å². The number of aromatic nitrogens is 2. The molecule has 2 aliphatic rings. The molecule has 1 aliphatic heterocycles. The van der Waals surface area contributed by atoms with Crippen LogP contribution in [-0.4, -0.2) is 58.5 Å². The van der Waals surface area contributed by atoms with E-state index in [1.54, 1.807) is 18.0 Å². The van der Waals surface area contributed by atoms with Crippen LogP contribution in [0.2, 0.25) is 0 Å². The average molecular weight is 444 g/mol. The van der Waals surface area contributed by atoms with Gasteiger partial charge >= 0.3 is 6.09 Å². The maximum absolute atomic E-state index is 13.1. The van der Waals surface area contributed by atoms with Gasteiger partial charge in [-0.2, -0.15) is 0 Å². The van der Waals surface area contributed by atoms with Crippen molar-refractivity contribution in [3.8, 4) is 0 Å². The normalized spacial score (nSPS) is 16.6. The van der Waals surface area contributed by atoms with Gasteiger partial charge in [0.25, 0.3) is 5.91 Å². The van der Waals surface area contributed by atoms with Gasteiger partial charge in [-0.15, -0.1) is 11.3 Å². The number of nitrogens with zero attached hydrogens (tertiary/aromatic N) is 4.